The predicted molar refractivity (Wildman–Crippen MR) is 86.5 cm³/mol. The number of rotatable bonds is 7. The van der Waals surface area contributed by atoms with E-state index in [1.54, 1.807) is 16.8 Å². The van der Waals surface area contributed by atoms with Crippen molar-refractivity contribution in [3.63, 3.8) is 0 Å². The van der Waals surface area contributed by atoms with Crippen LogP contribution >= 0.6 is 11.3 Å². The first-order chi connectivity index (χ1) is 10.7. The summed E-state index contributed by atoms with van der Waals surface area (Å²) in [6.07, 6.45) is 4.60. The summed E-state index contributed by atoms with van der Waals surface area (Å²) in [5.74, 6) is 0.119. The van der Waals surface area contributed by atoms with E-state index < -0.39 is 0 Å². The number of carbonyl (C=O) groups is 2. The summed E-state index contributed by atoms with van der Waals surface area (Å²) in [7, 11) is 0. The Labute approximate surface area is 135 Å². The average molecular weight is 324 g/mol. The zero-order valence-electron chi connectivity index (χ0n) is 12.8. The molecule has 0 saturated carbocycles. The molecule has 2 rings (SSSR count). The number of aryl methyl sites for hydroxylation is 1. The summed E-state index contributed by atoms with van der Waals surface area (Å²) in [6, 6.07) is 0.110. The third kappa shape index (κ3) is 5.06. The van der Waals surface area contributed by atoms with Gasteiger partial charge in [0.1, 0.15) is 0 Å². The number of nitrogens with zero attached hydrogens (tertiary/aromatic N) is 2. The minimum Gasteiger partial charge on any atom is -0.354 e. The Bertz CT molecular complexity index is 478. The number of likely N-dealkylation sites (tertiary alicyclic amines) is 1. The highest BCUT2D eigenvalue weighted by Gasteiger charge is 2.26. The number of amides is 2. The molecule has 0 spiro atoms. The molecule has 1 aliphatic heterocycles. The second-order valence-electron chi connectivity index (χ2n) is 5.56. The van der Waals surface area contributed by atoms with Crippen LogP contribution in [0.25, 0.3) is 0 Å². The van der Waals surface area contributed by atoms with Crippen molar-refractivity contribution >= 4 is 23.2 Å². The molecule has 2 amide bonds. The normalized spacial score (nSPS) is 18.2. The van der Waals surface area contributed by atoms with Gasteiger partial charge in [0.2, 0.25) is 11.8 Å². The van der Waals surface area contributed by atoms with Crippen molar-refractivity contribution in [3.05, 3.63) is 16.6 Å². The zero-order chi connectivity index (χ0) is 15.8. The van der Waals surface area contributed by atoms with Crippen LogP contribution in [0.5, 0.6) is 0 Å². The SMILES string of the molecule is NCCC(=O)NCC1CCCCN1C(=O)CCc1cscn1. The van der Waals surface area contributed by atoms with Crippen LogP contribution in [0.3, 0.4) is 0 Å². The Balaban J connectivity index is 1.82. The highest BCUT2D eigenvalue weighted by molar-refractivity contribution is 7.07. The highest BCUT2D eigenvalue weighted by Crippen LogP contribution is 2.18. The van der Waals surface area contributed by atoms with Crippen LogP contribution in [0.4, 0.5) is 0 Å². The maximum absolute atomic E-state index is 12.4. The van der Waals surface area contributed by atoms with Crippen LogP contribution in [0.1, 0.15) is 37.8 Å². The average Bonchev–Trinajstić information content (AvgIpc) is 3.04. The molecule has 2 heterocycles. The van der Waals surface area contributed by atoms with Crippen LogP contribution in [-0.2, 0) is 16.0 Å². The number of nitrogens with two attached hydrogens (primary N) is 1. The van der Waals surface area contributed by atoms with Gasteiger partial charge in [0.25, 0.3) is 0 Å². The van der Waals surface area contributed by atoms with Crippen molar-refractivity contribution in [2.24, 2.45) is 5.73 Å². The van der Waals surface area contributed by atoms with Crippen LogP contribution < -0.4 is 11.1 Å². The molecule has 1 aromatic heterocycles. The van der Waals surface area contributed by atoms with Crippen molar-refractivity contribution in [2.75, 3.05) is 19.6 Å². The second-order valence-corrected chi connectivity index (χ2v) is 6.28. The molecule has 0 radical (unpaired) electrons. The summed E-state index contributed by atoms with van der Waals surface area (Å²) in [5.41, 5.74) is 8.13. The third-order valence-electron chi connectivity index (χ3n) is 3.93. The lowest BCUT2D eigenvalue weighted by molar-refractivity contribution is -0.135. The highest BCUT2D eigenvalue weighted by atomic mass is 32.1. The van der Waals surface area contributed by atoms with Gasteiger partial charge >= 0.3 is 0 Å². The fourth-order valence-electron chi connectivity index (χ4n) is 2.73. The van der Waals surface area contributed by atoms with E-state index in [-0.39, 0.29) is 17.9 Å². The number of hydrogen-bond donors (Lipinski definition) is 2. The van der Waals surface area contributed by atoms with Crippen LogP contribution in [0, 0.1) is 0 Å². The monoisotopic (exact) mass is 324 g/mol. The van der Waals surface area contributed by atoms with Gasteiger partial charge in [0.15, 0.2) is 0 Å². The van der Waals surface area contributed by atoms with Crippen molar-refractivity contribution in [1.82, 2.24) is 15.2 Å². The lowest BCUT2D eigenvalue weighted by Gasteiger charge is -2.36. The molecule has 1 unspecified atom stereocenters. The van der Waals surface area contributed by atoms with Crippen molar-refractivity contribution in [3.8, 4) is 0 Å². The van der Waals surface area contributed by atoms with Gasteiger partial charge < -0.3 is 16.0 Å². The van der Waals surface area contributed by atoms with Gasteiger partial charge in [-0.25, -0.2) is 4.98 Å². The first kappa shape index (κ1) is 16.9. The molecule has 22 heavy (non-hydrogen) atoms. The maximum Gasteiger partial charge on any atom is 0.223 e. The van der Waals surface area contributed by atoms with Crippen molar-refractivity contribution < 1.29 is 9.59 Å². The lowest BCUT2D eigenvalue weighted by Crippen LogP contribution is -2.49. The molecule has 6 nitrogen and oxygen atoms in total. The van der Waals surface area contributed by atoms with Crippen LogP contribution in [0.2, 0.25) is 0 Å². The van der Waals surface area contributed by atoms with E-state index in [0.717, 1.165) is 31.5 Å². The first-order valence-corrected chi connectivity index (χ1v) is 8.78. The Morgan fingerprint density at radius 1 is 1.41 bits per heavy atom. The molecule has 0 aliphatic carbocycles. The molecule has 1 aromatic rings. The molecule has 7 heteroatoms. The first-order valence-electron chi connectivity index (χ1n) is 7.84. The van der Waals surface area contributed by atoms with E-state index >= 15 is 0 Å². The van der Waals surface area contributed by atoms with Crippen molar-refractivity contribution in [1.29, 1.82) is 0 Å². The van der Waals surface area contributed by atoms with Crippen LogP contribution in [-0.4, -0.2) is 47.4 Å². The molecule has 0 aromatic carbocycles. The molecule has 1 atom stereocenters. The molecule has 1 aliphatic rings. The smallest absolute Gasteiger partial charge is 0.223 e. The van der Waals surface area contributed by atoms with Crippen LogP contribution in [0.15, 0.2) is 10.9 Å². The quantitative estimate of drug-likeness (QED) is 0.781. The fraction of sp³-hybridized carbons (Fsp3) is 0.667. The molecular weight excluding hydrogens is 300 g/mol. The number of aromatic nitrogens is 1. The predicted octanol–water partition coefficient (Wildman–Crippen LogP) is 0.922. The number of nitrogens with one attached hydrogen (secondary N) is 1. The summed E-state index contributed by atoms with van der Waals surface area (Å²) in [5, 5.41) is 4.86. The Hall–Kier alpha value is -1.47. The Morgan fingerprint density at radius 3 is 3.00 bits per heavy atom. The summed E-state index contributed by atoms with van der Waals surface area (Å²) >= 11 is 1.55. The number of thiazole rings is 1. The van der Waals surface area contributed by atoms with Gasteiger partial charge in [-0.15, -0.1) is 11.3 Å². The van der Waals surface area contributed by atoms with E-state index in [2.05, 4.69) is 10.3 Å². The topological polar surface area (TPSA) is 88.3 Å². The van der Waals surface area contributed by atoms with Gasteiger partial charge in [-0.2, -0.15) is 0 Å². The number of hydrogen-bond acceptors (Lipinski definition) is 5. The number of piperidine rings is 1. The van der Waals surface area contributed by atoms with Gasteiger partial charge in [-0.3, -0.25) is 9.59 Å². The Morgan fingerprint density at radius 2 is 2.27 bits per heavy atom. The molecule has 122 valence electrons. The van der Waals surface area contributed by atoms with E-state index in [0.29, 0.717) is 32.4 Å². The summed E-state index contributed by atoms with van der Waals surface area (Å²) < 4.78 is 0. The molecule has 1 saturated heterocycles. The lowest BCUT2D eigenvalue weighted by atomic mass is 10.0. The minimum atomic E-state index is -0.0389. The molecule has 1 fully saturated rings. The van der Waals surface area contributed by atoms with E-state index in [1.807, 2.05) is 10.3 Å². The Kier molecular flexibility index (Phi) is 6.79. The van der Waals surface area contributed by atoms with E-state index in [9.17, 15) is 9.59 Å². The van der Waals surface area contributed by atoms with Gasteiger partial charge in [0, 0.05) is 43.9 Å². The largest absolute Gasteiger partial charge is 0.354 e. The number of carbonyl (C=O) groups excluding carboxylic acids is 2. The fourth-order valence-corrected chi connectivity index (χ4v) is 3.32. The summed E-state index contributed by atoms with van der Waals surface area (Å²) in [6.45, 7) is 1.67. The third-order valence-corrected chi connectivity index (χ3v) is 4.57. The van der Waals surface area contributed by atoms with Gasteiger partial charge in [-0.05, 0) is 25.7 Å². The van der Waals surface area contributed by atoms with Gasteiger partial charge in [-0.1, -0.05) is 0 Å². The zero-order valence-corrected chi connectivity index (χ0v) is 13.6. The second kappa shape index (κ2) is 8.85. The maximum atomic E-state index is 12.4. The van der Waals surface area contributed by atoms with E-state index in [1.165, 1.54) is 0 Å². The molecule has 0 bridgehead atoms. The molecular formula is C15H24N4O2S. The standard InChI is InChI=1S/C15H24N4O2S/c16-7-6-14(20)17-9-13-3-1-2-8-19(13)15(21)5-4-12-10-22-11-18-12/h10-11,13H,1-9,16H2,(H,17,20). The minimum absolute atomic E-state index is 0.0389. The molecule has 3 N–H and O–H groups in total. The van der Waals surface area contributed by atoms with E-state index in [4.69, 9.17) is 5.73 Å². The van der Waals surface area contributed by atoms with Crippen molar-refractivity contribution in [2.45, 2.75) is 44.6 Å². The van der Waals surface area contributed by atoms with Gasteiger partial charge in [0.05, 0.1) is 11.2 Å². The summed E-state index contributed by atoms with van der Waals surface area (Å²) in [4.78, 5) is 30.1.